The van der Waals surface area contributed by atoms with Gasteiger partial charge in [0, 0.05) is 19.0 Å². The van der Waals surface area contributed by atoms with E-state index in [0.29, 0.717) is 37.5 Å². The number of imidazole rings is 1. The standard InChI is InChI=1S/C24H26N4O3/c1-15-6-8-19-20(10-15)27-21(26-19)13-25-23(30)24(16-4-3-5-18(11-16)31-2)12-17-7-9-22(29)28(17)14-24/h3-6,8,10-11,17H,7,9,12-14H2,1-2H3,(H,25,30)(H,26,27)/t17-,24-/m0/s1. The van der Waals surface area contributed by atoms with Crippen LogP contribution in [0.15, 0.2) is 42.5 Å². The molecule has 160 valence electrons. The van der Waals surface area contributed by atoms with Crippen molar-refractivity contribution in [1.29, 1.82) is 0 Å². The van der Waals surface area contributed by atoms with E-state index in [-0.39, 0.29) is 17.9 Å². The molecule has 3 aromatic rings. The Kier molecular flexibility index (Phi) is 4.68. The summed E-state index contributed by atoms with van der Waals surface area (Å²) in [5.74, 6) is 1.47. The monoisotopic (exact) mass is 418 g/mol. The Bertz CT molecular complexity index is 1170. The second kappa shape index (κ2) is 7.41. The van der Waals surface area contributed by atoms with Crippen LogP contribution >= 0.6 is 0 Å². The molecule has 2 N–H and O–H groups in total. The molecule has 0 aliphatic carbocycles. The number of ether oxygens (including phenoxy) is 1. The molecule has 3 heterocycles. The van der Waals surface area contributed by atoms with Gasteiger partial charge in [-0.3, -0.25) is 9.59 Å². The summed E-state index contributed by atoms with van der Waals surface area (Å²) in [7, 11) is 1.62. The van der Waals surface area contributed by atoms with E-state index in [4.69, 9.17) is 4.74 Å². The van der Waals surface area contributed by atoms with Crippen LogP contribution in [0.25, 0.3) is 11.0 Å². The normalized spacial score (nSPS) is 22.7. The minimum absolute atomic E-state index is 0.0837. The molecule has 2 aliphatic rings. The predicted molar refractivity (Wildman–Crippen MR) is 117 cm³/mol. The number of nitrogens with one attached hydrogen (secondary N) is 2. The lowest BCUT2D eigenvalue weighted by Crippen LogP contribution is -2.47. The van der Waals surface area contributed by atoms with E-state index in [0.717, 1.165) is 28.6 Å². The third kappa shape index (κ3) is 3.34. The Hall–Kier alpha value is -3.35. The van der Waals surface area contributed by atoms with Crippen LogP contribution < -0.4 is 10.1 Å². The van der Waals surface area contributed by atoms with Gasteiger partial charge in [-0.05, 0) is 55.2 Å². The second-order valence-electron chi connectivity index (χ2n) is 8.62. The van der Waals surface area contributed by atoms with Crippen LogP contribution in [0.1, 0.15) is 36.2 Å². The van der Waals surface area contributed by atoms with Gasteiger partial charge in [0.25, 0.3) is 0 Å². The topological polar surface area (TPSA) is 87.3 Å². The smallest absolute Gasteiger partial charge is 0.232 e. The lowest BCUT2D eigenvalue weighted by molar-refractivity contribution is -0.129. The molecule has 31 heavy (non-hydrogen) atoms. The molecule has 0 radical (unpaired) electrons. The number of carbonyl (C=O) groups is 2. The first-order valence-corrected chi connectivity index (χ1v) is 10.7. The summed E-state index contributed by atoms with van der Waals surface area (Å²) < 4.78 is 5.40. The zero-order valence-electron chi connectivity index (χ0n) is 17.8. The number of methoxy groups -OCH3 is 1. The number of hydrogen-bond acceptors (Lipinski definition) is 4. The van der Waals surface area contributed by atoms with Gasteiger partial charge in [0.2, 0.25) is 11.8 Å². The van der Waals surface area contributed by atoms with Gasteiger partial charge < -0.3 is 19.9 Å². The molecule has 0 bridgehead atoms. The van der Waals surface area contributed by atoms with E-state index in [2.05, 4.69) is 15.3 Å². The summed E-state index contributed by atoms with van der Waals surface area (Å²) in [5, 5.41) is 3.09. The van der Waals surface area contributed by atoms with E-state index in [9.17, 15) is 9.59 Å². The molecule has 0 unspecified atom stereocenters. The first-order valence-electron chi connectivity index (χ1n) is 10.7. The second-order valence-corrected chi connectivity index (χ2v) is 8.62. The summed E-state index contributed by atoms with van der Waals surface area (Å²) in [6, 6.07) is 13.8. The first-order chi connectivity index (χ1) is 15.0. The number of hydrogen-bond donors (Lipinski definition) is 2. The van der Waals surface area contributed by atoms with Crippen LogP contribution in [-0.2, 0) is 21.5 Å². The molecule has 2 saturated heterocycles. The van der Waals surface area contributed by atoms with Gasteiger partial charge in [0.15, 0.2) is 0 Å². The van der Waals surface area contributed by atoms with Crippen molar-refractivity contribution < 1.29 is 14.3 Å². The van der Waals surface area contributed by atoms with Gasteiger partial charge in [-0.25, -0.2) is 4.98 Å². The van der Waals surface area contributed by atoms with Crippen LogP contribution in [0.3, 0.4) is 0 Å². The predicted octanol–water partition coefficient (Wildman–Crippen LogP) is 2.83. The van der Waals surface area contributed by atoms with Crippen molar-refractivity contribution in [3.05, 3.63) is 59.4 Å². The summed E-state index contributed by atoms with van der Waals surface area (Å²) in [6.07, 6.45) is 2.00. The average molecular weight is 418 g/mol. The van der Waals surface area contributed by atoms with Gasteiger partial charge in [0.1, 0.15) is 11.6 Å². The summed E-state index contributed by atoms with van der Waals surface area (Å²) in [6.45, 7) is 2.74. The molecular weight excluding hydrogens is 392 g/mol. The van der Waals surface area contributed by atoms with Gasteiger partial charge >= 0.3 is 0 Å². The highest BCUT2D eigenvalue weighted by atomic mass is 16.5. The van der Waals surface area contributed by atoms with Crippen molar-refractivity contribution in [3.8, 4) is 5.75 Å². The Morgan fingerprint density at radius 1 is 1.32 bits per heavy atom. The van der Waals surface area contributed by atoms with Crippen LogP contribution in [0, 0.1) is 6.92 Å². The minimum atomic E-state index is -0.794. The van der Waals surface area contributed by atoms with E-state index in [1.807, 2.05) is 54.3 Å². The summed E-state index contributed by atoms with van der Waals surface area (Å²) in [4.78, 5) is 35.8. The number of aryl methyl sites for hydroxylation is 1. The maximum Gasteiger partial charge on any atom is 0.232 e. The number of aromatic nitrogens is 2. The van der Waals surface area contributed by atoms with Gasteiger partial charge in [-0.1, -0.05) is 18.2 Å². The van der Waals surface area contributed by atoms with E-state index in [1.54, 1.807) is 7.11 Å². The third-order valence-corrected chi connectivity index (χ3v) is 6.64. The summed E-state index contributed by atoms with van der Waals surface area (Å²) in [5.41, 5.74) is 3.08. The number of nitrogens with zero attached hydrogens (tertiary/aromatic N) is 2. The van der Waals surface area contributed by atoms with Gasteiger partial charge in [0.05, 0.1) is 30.1 Å². The van der Waals surface area contributed by atoms with Crippen molar-refractivity contribution in [3.63, 3.8) is 0 Å². The Labute approximate surface area is 180 Å². The van der Waals surface area contributed by atoms with E-state index < -0.39 is 5.41 Å². The molecule has 2 fully saturated rings. The minimum Gasteiger partial charge on any atom is -0.497 e. The number of aromatic amines is 1. The molecule has 0 saturated carbocycles. The zero-order chi connectivity index (χ0) is 21.6. The number of benzene rings is 2. The average Bonchev–Trinajstić information content (AvgIpc) is 3.46. The molecule has 2 amide bonds. The van der Waals surface area contributed by atoms with E-state index in [1.165, 1.54) is 0 Å². The van der Waals surface area contributed by atoms with Crippen LogP contribution in [0.5, 0.6) is 5.75 Å². The lowest BCUT2D eigenvalue weighted by atomic mass is 9.76. The van der Waals surface area contributed by atoms with Crippen molar-refractivity contribution in [2.45, 2.75) is 44.2 Å². The largest absolute Gasteiger partial charge is 0.497 e. The number of fused-ring (bicyclic) bond motifs is 2. The Morgan fingerprint density at radius 2 is 2.19 bits per heavy atom. The molecule has 7 nitrogen and oxygen atoms in total. The van der Waals surface area contributed by atoms with Gasteiger partial charge in [-0.15, -0.1) is 0 Å². The molecule has 2 aliphatic heterocycles. The van der Waals surface area contributed by atoms with Crippen LogP contribution in [-0.4, -0.2) is 46.4 Å². The van der Waals surface area contributed by atoms with Crippen molar-refractivity contribution in [2.75, 3.05) is 13.7 Å². The molecule has 2 atom stereocenters. The highest BCUT2D eigenvalue weighted by Gasteiger charge is 2.53. The highest BCUT2D eigenvalue weighted by molar-refractivity contribution is 5.91. The first kappa shape index (κ1) is 19.6. The molecular formula is C24H26N4O3. The van der Waals surface area contributed by atoms with Crippen molar-refractivity contribution >= 4 is 22.8 Å². The van der Waals surface area contributed by atoms with Crippen molar-refractivity contribution in [2.24, 2.45) is 0 Å². The molecule has 5 rings (SSSR count). The quantitative estimate of drug-likeness (QED) is 0.667. The Morgan fingerprint density at radius 3 is 3.00 bits per heavy atom. The highest BCUT2D eigenvalue weighted by Crippen LogP contribution is 2.43. The molecule has 0 spiro atoms. The molecule has 7 heteroatoms. The summed E-state index contributed by atoms with van der Waals surface area (Å²) >= 11 is 0. The number of amides is 2. The Balaban J connectivity index is 1.43. The van der Waals surface area contributed by atoms with Gasteiger partial charge in [-0.2, -0.15) is 0 Å². The van der Waals surface area contributed by atoms with Crippen LogP contribution in [0.4, 0.5) is 0 Å². The zero-order valence-corrected chi connectivity index (χ0v) is 17.8. The van der Waals surface area contributed by atoms with Crippen LogP contribution in [0.2, 0.25) is 0 Å². The molecule has 1 aromatic heterocycles. The molecule has 2 aromatic carbocycles. The van der Waals surface area contributed by atoms with Crippen molar-refractivity contribution in [1.82, 2.24) is 20.2 Å². The maximum atomic E-state index is 13.6. The SMILES string of the molecule is COc1cccc([C@]2(C(=O)NCc3nc4ccc(C)cc4[nH]3)C[C@@H]3CCC(=O)N3C2)c1. The fourth-order valence-electron chi connectivity index (χ4n) is 5.00. The number of rotatable bonds is 5. The fourth-order valence-corrected chi connectivity index (χ4v) is 5.00. The third-order valence-electron chi connectivity index (χ3n) is 6.64. The maximum absolute atomic E-state index is 13.6. The number of carbonyl (C=O) groups excluding carboxylic acids is 2. The number of H-pyrrole nitrogens is 1. The van der Waals surface area contributed by atoms with E-state index >= 15 is 0 Å². The lowest BCUT2D eigenvalue weighted by Gasteiger charge is -2.29. The fraction of sp³-hybridized carbons (Fsp3) is 0.375.